The van der Waals surface area contributed by atoms with Crippen molar-refractivity contribution in [3.63, 3.8) is 0 Å². The third kappa shape index (κ3) is 3.46. The van der Waals surface area contributed by atoms with Crippen molar-refractivity contribution < 1.29 is 17.9 Å². The Labute approximate surface area is 152 Å². The first-order chi connectivity index (χ1) is 12.9. The van der Waals surface area contributed by atoms with Gasteiger partial charge in [0.05, 0.1) is 17.1 Å². The average molecular weight is 370 g/mol. The van der Waals surface area contributed by atoms with Crippen molar-refractivity contribution in [2.24, 2.45) is 0 Å². The Kier molecular flexibility index (Phi) is 4.02. The number of benzene rings is 1. The molecule has 0 bridgehead atoms. The highest BCUT2D eigenvalue weighted by molar-refractivity contribution is 5.69. The topological polar surface area (TPSA) is 52.3 Å². The minimum absolute atomic E-state index is 0.292. The van der Waals surface area contributed by atoms with Crippen molar-refractivity contribution in [1.29, 1.82) is 0 Å². The van der Waals surface area contributed by atoms with E-state index < -0.39 is 6.36 Å². The fourth-order valence-corrected chi connectivity index (χ4v) is 2.89. The molecule has 8 heteroatoms. The maximum atomic E-state index is 12.5. The summed E-state index contributed by atoms with van der Waals surface area (Å²) in [4.78, 5) is 8.44. The Bertz CT molecular complexity index is 1110. The lowest BCUT2D eigenvalue weighted by Crippen LogP contribution is -2.17. The second kappa shape index (κ2) is 6.39. The molecule has 0 aliphatic rings. The van der Waals surface area contributed by atoms with Crippen LogP contribution in [0.3, 0.4) is 0 Å². The summed E-state index contributed by atoms with van der Waals surface area (Å²) in [5.74, 6) is -0.292. The molecule has 3 aromatic heterocycles. The number of alkyl halides is 3. The summed E-state index contributed by atoms with van der Waals surface area (Å²) in [6.45, 7) is 1.79. The Morgan fingerprint density at radius 3 is 2.48 bits per heavy atom. The average Bonchev–Trinajstić information content (AvgIpc) is 2.96. The Hall–Kier alpha value is -3.42. The summed E-state index contributed by atoms with van der Waals surface area (Å²) in [5, 5.41) is 4.61. The highest BCUT2D eigenvalue weighted by atomic mass is 19.4. The van der Waals surface area contributed by atoms with Gasteiger partial charge in [0.2, 0.25) is 0 Å². The molecule has 0 spiro atoms. The number of aryl methyl sites for hydroxylation is 1. The summed E-state index contributed by atoms with van der Waals surface area (Å²) in [7, 11) is 0. The number of pyridine rings is 1. The molecule has 0 saturated carbocycles. The molecule has 4 rings (SSSR count). The number of aromatic nitrogens is 4. The van der Waals surface area contributed by atoms with Crippen LogP contribution in [0.1, 0.15) is 5.69 Å². The van der Waals surface area contributed by atoms with E-state index in [1.165, 1.54) is 18.2 Å². The van der Waals surface area contributed by atoms with Crippen LogP contribution in [0.15, 0.2) is 60.9 Å². The van der Waals surface area contributed by atoms with Crippen molar-refractivity contribution in [2.75, 3.05) is 0 Å². The number of rotatable bonds is 3. The molecule has 0 fully saturated rings. The summed E-state index contributed by atoms with van der Waals surface area (Å²) in [6, 6.07) is 13.1. The zero-order valence-electron chi connectivity index (χ0n) is 14.1. The molecule has 4 aromatic rings. The van der Waals surface area contributed by atoms with E-state index in [0.717, 1.165) is 5.56 Å². The second-order valence-electron chi connectivity index (χ2n) is 5.85. The zero-order chi connectivity index (χ0) is 19.0. The van der Waals surface area contributed by atoms with E-state index in [4.69, 9.17) is 0 Å². The maximum absolute atomic E-state index is 12.5. The molecule has 0 saturated heterocycles. The van der Waals surface area contributed by atoms with Crippen molar-refractivity contribution >= 4 is 5.65 Å². The first kappa shape index (κ1) is 17.0. The van der Waals surface area contributed by atoms with E-state index in [-0.39, 0.29) is 5.75 Å². The lowest BCUT2D eigenvalue weighted by atomic mass is 10.1. The van der Waals surface area contributed by atoms with E-state index in [1.807, 2.05) is 24.3 Å². The number of nitrogens with zero attached hydrogens (tertiary/aromatic N) is 4. The Morgan fingerprint density at radius 1 is 0.963 bits per heavy atom. The molecule has 0 atom stereocenters. The molecule has 0 aliphatic carbocycles. The summed E-state index contributed by atoms with van der Waals surface area (Å²) in [5.41, 5.74) is 3.96. The molecule has 3 heterocycles. The van der Waals surface area contributed by atoms with Gasteiger partial charge >= 0.3 is 6.36 Å². The first-order valence-electron chi connectivity index (χ1n) is 8.04. The summed E-state index contributed by atoms with van der Waals surface area (Å²) < 4.78 is 43.2. The van der Waals surface area contributed by atoms with Gasteiger partial charge in [0.15, 0.2) is 5.65 Å². The number of imidazole rings is 1. The molecule has 27 heavy (non-hydrogen) atoms. The third-order valence-corrected chi connectivity index (χ3v) is 3.97. The zero-order valence-corrected chi connectivity index (χ0v) is 14.1. The van der Waals surface area contributed by atoms with Crippen LogP contribution in [0.5, 0.6) is 5.75 Å². The second-order valence-corrected chi connectivity index (χ2v) is 5.85. The number of fused-ring (bicyclic) bond motifs is 1. The monoisotopic (exact) mass is 370 g/mol. The molecule has 5 nitrogen and oxygen atoms in total. The molecular formula is C19H13F3N4O. The SMILES string of the molecule is Cc1nc2ccc(-c3ccncc3)nn2c1-c1cccc(OC(F)(F)F)c1. The molecular weight excluding hydrogens is 357 g/mol. The number of ether oxygens (including phenoxy) is 1. The van der Waals surface area contributed by atoms with Gasteiger partial charge in [-0.2, -0.15) is 5.10 Å². The molecule has 0 N–H and O–H groups in total. The normalized spacial score (nSPS) is 11.7. The van der Waals surface area contributed by atoms with Crippen molar-refractivity contribution in [3.05, 3.63) is 66.6 Å². The van der Waals surface area contributed by atoms with Gasteiger partial charge in [-0.05, 0) is 43.3 Å². The first-order valence-corrected chi connectivity index (χ1v) is 8.04. The maximum Gasteiger partial charge on any atom is 0.573 e. The largest absolute Gasteiger partial charge is 0.573 e. The van der Waals surface area contributed by atoms with Gasteiger partial charge in [0.25, 0.3) is 0 Å². The predicted octanol–water partition coefficient (Wildman–Crippen LogP) is 4.67. The molecule has 0 unspecified atom stereocenters. The Balaban J connectivity index is 1.84. The summed E-state index contributed by atoms with van der Waals surface area (Å²) in [6.07, 6.45) is -1.42. The molecule has 1 aromatic carbocycles. The third-order valence-electron chi connectivity index (χ3n) is 3.97. The van der Waals surface area contributed by atoms with Gasteiger partial charge in [0, 0.05) is 23.5 Å². The van der Waals surface area contributed by atoms with E-state index >= 15 is 0 Å². The van der Waals surface area contributed by atoms with Gasteiger partial charge in [-0.3, -0.25) is 4.98 Å². The quantitative estimate of drug-likeness (QED) is 0.526. The van der Waals surface area contributed by atoms with E-state index in [2.05, 4.69) is 19.8 Å². The van der Waals surface area contributed by atoms with Crippen molar-refractivity contribution in [2.45, 2.75) is 13.3 Å². The van der Waals surface area contributed by atoms with E-state index in [9.17, 15) is 13.2 Å². The van der Waals surface area contributed by atoms with Gasteiger partial charge in [0.1, 0.15) is 5.75 Å². The van der Waals surface area contributed by atoms with Gasteiger partial charge in [-0.25, -0.2) is 9.50 Å². The lowest BCUT2D eigenvalue weighted by molar-refractivity contribution is -0.274. The Morgan fingerprint density at radius 2 is 1.74 bits per heavy atom. The van der Waals surface area contributed by atoms with Crippen LogP contribution in [0.4, 0.5) is 13.2 Å². The van der Waals surface area contributed by atoms with E-state index in [0.29, 0.717) is 28.3 Å². The van der Waals surface area contributed by atoms with Crippen LogP contribution in [0.25, 0.3) is 28.2 Å². The smallest absolute Gasteiger partial charge is 0.406 e. The van der Waals surface area contributed by atoms with E-state index in [1.54, 1.807) is 29.9 Å². The molecule has 0 amide bonds. The van der Waals surface area contributed by atoms with Crippen molar-refractivity contribution in [1.82, 2.24) is 19.6 Å². The van der Waals surface area contributed by atoms with Crippen LogP contribution in [-0.4, -0.2) is 25.9 Å². The van der Waals surface area contributed by atoms with Crippen LogP contribution >= 0.6 is 0 Å². The van der Waals surface area contributed by atoms with Gasteiger partial charge < -0.3 is 4.74 Å². The van der Waals surface area contributed by atoms with Crippen LogP contribution in [0.2, 0.25) is 0 Å². The molecule has 136 valence electrons. The molecule has 0 aliphatic heterocycles. The fraction of sp³-hybridized carbons (Fsp3) is 0.105. The summed E-state index contributed by atoms with van der Waals surface area (Å²) >= 11 is 0. The van der Waals surface area contributed by atoms with Crippen LogP contribution in [0, 0.1) is 6.92 Å². The highest BCUT2D eigenvalue weighted by Crippen LogP contribution is 2.30. The minimum atomic E-state index is -4.75. The standard InChI is InChI=1S/C19H13F3N4O/c1-12-18(14-3-2-4-15(11-14)27-19(20,21)22)26-17(24-12)6-5-16(25-26)13-7-9-23-10-8-13/h2-11H,1H3. The fourth-order valence-electron chi connectivity index (χ4n) is 2.89. The van der Waals surface area contributed by atoms with Gasteiger partial charge in [-0.1, -0.05) is 12.1 Å². The van der Waals surface area contributed by atoms with Crippen LogP contribution < -0.4 is 4.74 Å². The number of hydrogen-bond donors (Lipinski definition) is 0. The number of halogens is 3. The predicted molar refractivity (Wildman–Crippen MR) is 93.1 cm³/mol. The minimum Gasteiger partial charge on any atom is -0.406 e. The molecule has 0 radical (unpaired) electrons. The number of hydrogen-bond acceptors (Lipinski definition) is 4. The highest BCUT2D eigenvalue weighted by Gasteiger charge is 2.31. The van der Waals surface area contributed by atoms with Gasteiger partial charge in [-0.15, -0.1) is 13.2 Å². The lowest BCUT2D eigenvalue weighted by Gasteiger charge is -2.10. The van der Waals surface area contributed by atoms with Crippen LogP contribution in [-0.2, 0) is 0 Å². The van der Waals surface area contributed by atoms with Crippen molar-refractivity contribution in [3.8, 4) is 28.3 Å².